The van der Waals surface area contributed by atoms with Crippen LogP contribution in [0.15, 0.2) is 54.6 Å². The highest BCUT2D eigenvalue weighted by atomic mass is 16.5. The van der Waals surface area contributed by atoms with Gasteiger partial charge in [0.25, 0.3) is 0 Å². The fourth-order valence-electron chi connectivity index (χ4n) is 2.06. The maximum Gasteiger partial charge on any atom is 0.137 e. The van der Waals surface area contributed by atoms with E-state index in [-0.39, 0.29) is 0 Å². The molecular weight excluding hydrogens is 234 g/mol. The average Bonchev–Trinajstić information content (AvgIpc) is 2.40. The number of rotatable bonds is 5. The van der Waals surface area contributed by atoms with Gasteiger partial charge in [0, 0.05) is 0 Å². The Labute approximate surface area is 115 Å². The van der Waals surface area contributed by atoms with Gasteiger partial charge in [-0.2, -0.15) is 0 Å². The fraction of sp³-hybridized carbons (Fsp3) is 0.294. The molecule has 0 aliphatic rings. The second kappa shape index (κ2) is 5.89. The van der Waals surface area contributed by atoms with E-state index in [4.69, 9.17) is 4.74 Å². The molecule has 0 unspecified atom stereocenters. The van der Waals surface area contributed by atoms with Gasteiger partial charge < -0.3 is 4.74 Å². The van der Waals surface area contributed by atoms with Crippen LogP contribution in [0, 0.1) is 6.92 Å². The van der Waals surface area contributed by atoms with Crippen LogP contribution in [0.5, 0.6) is 5.75 Å². The van der Waals surface area contributed by atoms with Crippen LogP contribution < -0.4 is 9.22 Å². The monoisotopic (exact) mass is 256 g/mol. The molecule has 0 atom stereocenters. The van der Waals surface area contributed by atoms with Crippen LogP contribution >= 0.6 is 0 Å². The zero-order chi connectivity index (χ0) is 13.7. The fourth-order valence-corrected chi connectivity index (χ4v) is 2.06. The molecule has 0 aliphatic carbocycles. The summed E-state index contributed by atoms with van der Waals surface area (Å²) in [5.41, 5.74) is 2.53. The number of para-hydroxylation sites is 1. The molecule has 100 valence electrons. The third-order valence-electron chi connectivity index (χ3n) is 3.36. The van der Waals surface area contributed by atoms with Crippen LogP contribution in [0.2, 0.25) is 0 Å². The Morgan fingerprint density at radius 2 is 1.68 bits per heavy atom. The van der Waals surface area contributed by atoms with Crippen molar-refractivity contribution in [3.8, 4) is 5.75 Å². The molecule has 0 fully saturated rings. The molecule has 0 spiro atoms. The van der Waals surface area contributed by atoms with E-state index in [1.807, 2.05) is 18.2 Å². The van der Waals surface area contributed by atoms with E-state index >= 15 is 0 Å². The van der Waals surface area contributed by atoms with Gasteiger partial charge in [-0.3, -0.25) is 4.48 Å². The standard InChI is InChI=1S/C17H22NO/c1-15-8-7-11-17(14-15)19-13-12-18(2,3)16-9-5-4-6-10-16/h4-11,14H,12-13H2,1-3H3/q+1. The van der Waals surface area contributed by atoms with E-state index in [0.29, 0.717) is 6.61 Å². The van der Waals surface area contributed by atoms with Crippen LogP contribution in [0.25, 0.3) is 0 Å². The first-order valence-electron chi connectivity index (χ1n) is 6.66. The topological polar surface area (TPSA) is 9.23 Å². The summed E-state index contributed by atoms with van der Waals surface area (Å²) in [5.74, 6) is 0.952. The predicted octanol–water partition coefficient (Wildman–Crippen LogP) is 3.64. The highest BCUT2D eigenvalue weighted by Gasteiger charge is 2.18. The number of aryl methyl sites for hydroxylation is 1. The number of hydrogen-bond acceptors (Lipinski definition) is 1. The molecule has 0 saturated carbocycles. The number of quaternary nitrogens is 1. The largest absolute Gasteiger partial charge is 0.488 e. The predicted molar refractivity (Wildman–Crippen MR) is 81.6 cm³/mol. The van der Waals surface area contributed by atoms with Gasteiger partial charge in [-0.15, -0.1) is 0 Å². The molecule has 0 saturated heterocycles. The minimum absolute atomic E-state index is 0.714. The Bertz CT molecular complexity index is 520. The third kappa shape index (κ3) is 3.83. The lowest BCUT2D eigenvalue weighted by atomic mass is 10.2. The molecule has 19 heavy (non-hydrogen) atoms. The van der Waals surface area contributed by atoms with Crippen molar-refractivity contribution >= 4 is 5.69 Å². The molecule has 2 nitrogen and oxygen atoms in total. The average molecular weight is 256 g/mol. The van der Waals surface area contributed by atoms with Crippen molar-refractivity contribution in [2.45, 2.75) is 6.92 Å². The van der Waals surface area contributed by atoms with Crippen LogP contribution in [-0.2, 0) is 0 Å². The molecule has 0 radical (unpaired) electrons. The van der Waals surface area contributed by atoms with E-state index in [2.05, 4.69) is 57.4 Å². The van der Waals surface area contributed by atoms with Crippen molar-refractivity contribution < 1.29 is 4.74 Å². The van der Waals surface area contributed by atoms with E-state index < -0.39 is 0 Å². The minimum atomic E-state index is 0.714. The van der Waals surface area contributed by atoms with Crippen molar-refractivity contribution in [1.82, 2.24) is 4.48 Å². The maximum absolute atomic E-state index is 5.83. The summed E-state index contributed by atoms with van der Waals surface area (Å²) in [7, 11) is 4.41. The van der Waals surface area contributed by atoms with E-state index in [9.17, 15) is 0 Å². The van der Waals surface area contributed by atoms with Gasteiger partial charge in [0.2, 0.25) is 0 Å². The first-order valence-corrected chi connectivity index (χ1v) is 6.66. The smallest absolute Gasteiger partial charge is 0.137 e. The quantitative estimate of drug-likeness (QED) is 0.742. The Morgan fingerprint density at radius 1 is 0.947 bits per heavy atom. The molecule has 0 aliphatic heterocycles. The highest BCUT2D eigenvalue weighted by Crippen LogP contribution is 2.18. The second-order valence-corrected chi connectivity index (χ2v) is 5.41. The molecule has 2 aromatic rings. The molecule has 2 aromatic carbocycles. The molecule has 0 aromatic heterocycles. The van der Waals surface area contributed by atoms with Crippen molar-refractivity contribution in [2.75, 3.05) is 27.2 Å². The lowest BCUT2D eigenvalue weighted by Crippen LogP contribution is -2.43. The summed E-state index contributed by atoms with van der Waals surface area (Å²) >= 11 is 0. The van der Waals surface area contributed by atoms with Gasteiger partial charge in [0.15, 0.2) is 0 Å². The van der Waals surface area contributed by atoms with Crippen molar-refractivity contribution in [2.24, 2.45) is 0 Å². The number of hydrogen-bond donors (Lipinski definition) is 0. The molecule has 0 amide bonds. The summed E-state index contributed by atoms with van der Waals surface area (Å²) < 4.78 is 6.65. The van der Waals surface area contributed by atoms with E-state index in [1.165, 1.54) is 11.3 Å². The Hall–Kier alpha value is -1.80. The SMILES string of the molecule is Cc1cccc(OCC[N+](C)(C)c2ccccc2)c1. The maximum atomic E-state index is 5.83. The first kappa shape index (κ1) is 13.6. The van der Waals surface area contributed by atoms with Gasteiger partial charge in [-0.1, -0.05) is 30.3 Å². The van der Waals surface area contributed by atoms with Crippen LogP contribution in [0.3, 0.4) is 0 Å². The van der Waals surface area contributed by atoms with Crippen molar-refractivity contribution in [1.29, 1.82) is 0 Å². The molecule has 2 rings (SSSR count). The van der Waals surface area contributed by atoms with Gasteiger partial charge in [0.05, 0.1) is 14.1 Å². The second-order valence-electron chi connectivity index (χ2n) is 5.41. The van der Waals surface area contributed by atoms with E-state index in [0.717, 1.165) is 16.8 Å². The van der Waals surface area contributed by atoms with Gasteiger partial charge in [-0.05, 0) is 36.8 Å². The Morgan fingerprint density at radius 3 is 2.37 bits per heavy atom. The lowest BCUT2D eigenvalue weighted by molar-refractivity contribution is 0.260. The van der Waals surface area contributed by atoms with Gasteiger partial charge >= 0.3 is 0 Å². The third-order valence-corrected chi connectivity index (χ3v) is 3.36. The highest BCUT2D eigenvalue weighted by molar-refractivity contribution is 5.41. The summed E-state index contributed by atoms with van der Waals surface area (Å²) in [6.07, 6.45) is 0. The number of likely N-dealkylation sites (N-methyl/N-ethyl adjacent to an activating group) is 1. The van der Waals surface area contributed by atoms with E-state index in [1.54, 1.807) is 0 Å². The summed E-state index contributed by atoms with van der Waals surface area (Å²) in [6, 6.07) is 18.7. The first-order chi connectivity index (χ1) is 9.08. The van der Waals surface area contributed by atoms with Crippen LogP contribution in [-0.4, -0.2) is 27.2 Å². The summed E-state index contributed by atoms with van der Waals surface area (Å²) in [4.78, 5) is 0. The normalized spacial score (nSPS) is 11.3. The zero-order valence-corrected chi connectivity index (χ0v) is 12.0. The molecule has 0 heterocycles. The Balaban J connectivity index is 1.92. The van der Waals surface area contributed by atoms with Gasteiger partial charge in [-0.25, -0.2) is 0 Å². The zero-order valence-electron chi connectivity index (χ0n) is 12.0. The molecule has 2 heteroatoms. The van der Waals surface area contributed by atoms with Crippen molar-refractivity contribution in [3.05, 3.63) is 60.2 Å². The van der Waals surface area contributed by atoms with Crippen LogP contribution in [0.4, 0.5) is 5.69 Å². The number of nitrogens with zero attached hydrogens (tertiary/aromatic N) is 1. The molecule has 0 bridgehead atoms. The van der Waals surface area contributed by atoms with Crippen molar-refractivity contribution in [3.63, 3.8) is 0 Å². The number of ether oxygens (including phenoxy) is 1. The summed E-state index contributed by atoms with van der Waals surface area (Å²) in [5, 5.41) is 0. The van der Waals surface area contributed by atoms with Gasteiger partial charge in [0.1, 0.15) is 24.6 Å². The Kier molecular flexibility index (Phi) is 4.23. The lowest BCUT2D eigenvalue weighted by Gasteiger charge is -2.29. The minimum Gasteiger partial charge on any atom is -0.488 e. The van der Waals surface area contributed by atoms with Crippen LogP contribution in [0.1, 0.15) is 5.56 Å². The summed E-state index contributed by atoms with van der Waals surface area (Å²) in [6.45, 7) is 3.74. The molecular formula is C17H22NO+. The number of benzene rings is 2. The molecule has 0 N–H and O–H groups in total.